The van der Waals surface area contributed by atoms with Crippen molar-refractivity contribution < 1.29 is 0 Å². The minimum Gasteiger partial charge on any atom is -0.378 e. The molecule has 0 aliphatic heterocycles. The van der Waals surface area contributed by atoms with E-state index in [1.54, 1.807) is 11.8 Å². The Labute approximate surface area is 127 Å². The standard InChI is InChI=1S/C16H18BrNS/c1-3-16(12-7-9-13(17)10-8-12)18-14-5-4-6-15(11-14)19-2/h4-11,16,18H,3H2,1-2H3. The first-order valence-corrected chi connectivity index (χ1v) is 8.40. The predicted octanol–water partition coefficient (Wildman–Crippen LogP) is 5.73. The van der Waals surface area contributed by atoms with E-state index in [0.717, 1.165) is 10.9 Å². The summed E-state index contributed by atoms with van der Waals surface area (Å²) in [6.45, 7) is 2.21. The lowest BCUT2D eigenvalue weighted by Crippen LogP contribution is -2.09. The van der Waals surface area contributed by atoms with Crippen molar-refractivity contribution in [3.8, 4) is 0 Å². The summed E-state index contributed by atoms with van der Waals surface area (Å²) in [5.41, 5.74) is 2.50. The van der Waals surface area contributed by atoms with Gasteiger partial charge >= 0.3 is 0 Å². The van der Waals surface area contributed by atoms with Crippen LogP contribution in [0.1, 0.15) is 24.9 Å². The van der Waals surface area contributed by atoms with Gasteiger partial charge in [-0.05, 0) is 48.6 Å². The summed E-state index contributed by atoms with van der Waals surface area (Å²) in [4.78, 5) is 1.29. The Bertz CT molecular complexity index is 525. The van der Waals surface area contributed by atoms with Crippen LogP contribution >= 0.6 is 27.7 Å². The number of rotatable bonds is 5. The summed E-state index contributed by atoms with van der Waals surface area (Å²) >= 11 is 5.25. The Morgan fingerprint density at radius 1 is 1.16 bits per heavy atom. The van der Waals surface area contributed by atoms with E-state index in [9.17, 15) is 0 Å². The maximum atomic E-state index is 3.61. The van der Waals surface area contributed by atoms with E-state index in [1.807, 2.05) is 0 Å². The molecule has 0 spiro atoms. The summed E-state index contributed by atoms with van der Waals surface area (Å²) in [6, 6.07) is 17.4. The van der Waals surface area contributed by atoms with Crippen LogP contribution in [0.3, 0.4) is 0 Å². The normalized spacial score (nSPS) is 12.2. The highest BCUT2D eigenvalue weighted by Crippen LogP contribution is 2.26. The fourth-order valence-corrected chi connectivity index (χ4v) is 2.75. The highest BCUT2D eigenvalue weighted by Gasteiger charge is 2.09. The van der Waals surface area contributed by atoms with Crippen LogP contribution in [0.2, 0.25) is 0 Å². The van der Waals surface area contributed by atoms with E-state index in [1.165, 1.54) is 16.1 Å². The van der Waals surface area contributed by atoms with Crippen LogP contribution in [0.15, 0.2) is 57.9 Å². The van der Waals surface area contributed by atoms with Crippen LogP contribution in [0.25, 0.3) is 0 Å². The fourth-order valence-electron chi connectivity index (χ4n) is 2.03. The number of anilines is 1. The predicted molar refractivity (Wildman–Crippen MR) is 89.0 cm³/mol. The lowest BCUT2D eigenvalue weighted by molar-refractivity contribution is 0.749. The summed E-state index contributed by atoms with van der Waals surface area (Å²) in [6.07, 6.45) is 3.16. The van der Waals surface area contributed by atoms with Gasteiger partial charge in [-0.15, -0.1) is 11.8 Å². The Hall–Kier alpha value is -0.930. The van der Waals surface area contributed by atoms with E-state index < -0.39 is 0 Å². The van der Waals surface area contributed by atoms with Crippen molar-refractivity contribution in [2.75, 3.05) is 11.6 Å². The SMILES string of the molecule is CCC(Nc1cccc(SC)c1)c1ccc(Br)cc1. The van der Waals surface area contributed by atoms with Crippen LogP contribution in [-0.2, 0) is 0 Å². The molecule has 1 unspecified atom stereocenters. The fraction of sp³-hybridized carbons (Fsp3) is 0.250. The molecule has 19 heavy (non-hydrogen) atoms. The van der Waals surface area contributed by atoms with Gasteiger partial charge < -0.3 is 5.32 Å². The molecule has 0 fully saturated rings. The van der Waals surface area contributed by atoms with Crippen molar-refractivity contribution in [3.05, 3.63) is 58.6 Å². The molecule has 2 aromatic carbocycles. The Kier molecular flexibility index (Phi) is 5.34. The van der Waals surface area contributed by atoms with E-state index >= 15 is 0 Å². The molecule has 100 valence electrons. The van der Waals surface area contributed by atoms with Crippen LogP contribution in [0, 0.1) is 0 Å². The lowest BCUT2D eigenvalue weighted by Gasteiger charge is -2.19. The van der Waals surface area contributed by atoms with Crippen molar-refractivity contribution in [2.24, 2.45) is 0 Å². The summed E-state index contributed by atoms with van der Waals surface area (Å²) in [7, 11) is 0. The van der Waals surface area contributed by atoms with Gasteiger partial charge in [0.15, 0.2) is 0 Å². The molecule has 0 heterocycles. The van der Waals surface area contributed by atoms with Crippen molar-refractivity contribution in [1.29, 1.82) is 0 Å². The Morgan fingerprint density at radius 3 is 2.53 bits per heavy atom. The first-order valence-electron chi connectivity index (χ1n) is 6.39. The zero-order valence-electron chi connectivity index (χ0n) is 11.2. The van der Waals surface area contributed by atoms with Crippen LogP contribution < -0.4 is 5.32 Å². The van der Waals surface area contributed by atoms with Crippen molar-refractivity contribution in [2.45, 2.75) is 24.3 Å². The molecule has 1 N–H and O–H groups in total. The maximum absolute atomic E-state index is 3.61. The molecule has 1 atom stereocenters. The molecule has 0 radical (unpaired) electrons. The maximum Gasteiger partial charge on any atom is 0.0511 e. The summed E-state index contributed by atoms with van der Waals surface area (Å²) in [5.74, 6) is 0. The summed E-state index contributed by atoms with van der Waals surface area (Å²) in [5, 5.41) is 3.61. The third-order valence-electron chi connectivity index (χ3n) is 3.09. The van der Waals surface area contributed by atoms with Gasteiger partial charge in [-0.1, -0.05) is 41.1 Å². The number of hydrogen-bond acceptors (Lipinski definition) is 2. The molecule has 0 bridgehead atoms. The number of hydrogen-bond donors (Lipinski definition) is 1. The first-order chi connectivity index (χ1) is 9.22. The molecule has 0 saturated heterocycles. The van der Waals surface area contributed by atoms with E-state index in [-0.39, 0.29) is 0 Å². The number of halogens is 1. The van der Waals surface area contributed by atoms with Crippen molar-refractivity contribution in [1.82, 2.24) is 0 Å². The largest absolute Gasteiger partial charge is 0.378 e. The number of thioether (sulfide) groups is 1. The second-order valence-corrected chi connectivity index (χ2v) is 6.18. The topological polar surface area (TPSA) is 12.0 Å². The van der Waals surface area contributed by atoms with Gasteiger partial charge in [0.1, 0.15) is 0 Å². The zero-order chi connectivity index (χ0) is 13.7. The van der Waals surface area contributed by atoms with Gasteiger partial charge in [0, 0.05) is 15.1 Å². The molecular weight excluding hydrogens is 318 g/mol. The minimum absolute atomic E-state index is 0.352. The third kappa shape index (κ3) is 4.02. The molecule has 0 amide bonds. The van der Waals surface area contributed by atoms with Crippen LogP contribution in [0.5, 0.6) is 0 Å². The molecule has 2 rings (SSSR count). The Morgan fingerprint density at radius 2 is 1.89 bits per heavy atom. The minimum atomic E-state index is 0.352. The quantitative estimate of drug-likeness (QED) is 0.699. The molecule has 1 nitrogen and oxygen atoms in total. The molecule has 0 saturated carbocycles. The summed E-state index contributed by atoms with van der Waals surface area (Å²) < 4.78 is 1.12. The zero-order valence-corrected chi connectivity index (χ0v) is 13.6. The molecular formula is C16H18BrNS. The third-order valence-corrected chi connectivity index (χ3v) is 4.35. The van der Waals surface area contributed by atoms with Gasteiger partial charge in [-0.3, -0.25) is 0 Å². The van der Waals surface area contributed by atoms with Gasteiger partial charge in [0.05, 0.1) is 6.04 Å². The highest BCUT2D eigenvalue weighted by molar-refractivity contribution is 9.10. The van der Waals surface area contributed by atoms with E-state index in [2.05, 4.69) is 83.0 Å². The lowest BCUT2D eigenvalue weighted by atomic mass is 10.0. The molecule has 0 aliphatic rings. The second-order valence-electron chi connectivity index (χ2n) is 4.39. The van der Waals surface area contributed by atoms with Crippen molar-refractivity contribution >= 4 is 33.4 Å². The molecule has 0 aliphatic carbocycles. The highest BCUT2D eigenvalue weighted by atomic mass is 79.9. The van der Waals surface area contributed by atoms with E-state index in [0.29, 0.717) is 6.04 Å². The smallest absolute Gasteiger partial charge is 0.0511 e. The van der Waals surface area contributed by atoms with Crippen LogP contribution in [-0.4, -0.2) is 6.26 Å². The average molecular weight is 336 g/mol. The monoisotopic (exact) mass is 335 g/mol. The molecule has 2 aromatic rings. The Balaban J connectivity index is 2.16. The first kappa shape index (κ1) is 14.5. The second kappa shape index (κ2) is 7.01. The van der Waals surface area contributed by atoms with E-state index in [4.69, 9.17) is 0 Å². The average Bonchev–Trinajstić information content (AvgIpc) is 2.46. The van der Waals surface area contributed by atoms with Crippen LogP contribution in [0.4, 0.5) is 5.69 Å². The molecule has 0 aromatic heterocycles. The van der Waals surface area contributed by atoms with Crippen molar-refractivity contribution in [3.63, 3.8) is 0 Å². The number of nitrogens with one attached hydrogen (secondary N) is 1. The van der Waals surface area contributed by atoms with Gasteiger partial charge in [-0.2, -0.15) is 0 Å². The van der Waals surface area contributed by atoms with Gasteiger partial charge in [0.2, 0.25) is 0 Å². The molecule has 3 heteroatoms. The van der Waals surface area contributed by atoms with Gasteiger partial charge in [0.25, 0.3) is 0 Å². The van der Waals surface area contributed by atoms with Gasteiger partial charge in [-0.25, -0.2) is 0 Å². The number of benzene rings is 2.